The molecule has 1 saturated heterocycles. The highest BCUT2D eigenvalue weighted by molar-refractivity contribution is 7.89. The van der Waals surface area contributed by atoms with Crippen LogP contribution < -0.4 is 4.72 Å². The lowest BCUT2D eigenvalue weighted by Crippen LogP contribution is -2.50. The molecule has 1 aliphatic rings. The highest BCUT2D eigenvalue weighted by Gasteiger charge is 2.22. The van der Waals surface area contributed by atoms with E-state index in [1.165, 1.54) is 6.07 Å². The minimum absolute atomic E-state index is 0.203. The molecule has 0 aliphatic carbocycles. The maximum absolute atomic E-state index is 13.4. The third-order valence-corrected chi connectivity index (χ3v) is 7.27. The summed E-state index contributed by atoms with van der Waals surface area (Å²) in [6, 6.07) is 19.5. The fourth-order valence-electron chi connectivity index (χ4n) is 4.12. The molecule has 0 saturated carbocycles. The second-order valence-corrected chi connectivity index (χ2v) is 9.95. The van der Waals surface area contributed by atoms with Crippen LogP contribution in [0.25, 0.3) is 10.8 Å². The minimum Gasteiger partial charge on any atom is -0.299 e. The maximum Gasteiger partial charge on any atom is 0.240 e. The van der Waals surface area contributed by atoms with Crippen LogP contribution in [-0.2, 0) is 16.6 Å². The van der Waals surface area contributed by atoms with Gasteiger partial charge in [0, 0.05) is 45.3 Å². The Morgan fingerprint density at radius 2 is 1.61 bits per heavy atom. The summed E-state index contributed by atoms with van der Waals surface area (Å²) in [6.45, 7) is 6.75. The Morgan fingerprint density at radius 3 is 2.35 bits per heavy atom. The van der Waals surface area contributed by atoms with Gasteiger partial charge in [0.15, 0.2) is 0 Å². The largest absolute Gasteiger partial charge is 0.299 e. The normalized spacial score (nSPS) is 17.1. The summed E-state index contributed by atoms with van der Waals surface area (Å²) in [7, 11) is -3.58. The molecule has 5 nitrogen and oxygen atoms in total. The van der Waals surface area contributed by atoms with E-state index in [0.717, 1.165) is 49.1 Å². The third kappa shape index (κ3) is 5.68. The first-order chi connectivity index (χ1) is 14.9. The maximum atomic E-state index is 13.4. The van der Waals surface area contributed by atoms with Crippen molar-refractivity contribution in [1.82, 2.24) is 14.5 Å². The Balaban J connectivity index is 1.30. The van der Waals surface area contributed by atoms with Crippen LogP contribution in [0.2, 0.25) is 0 Å². The molecular formula is C24H28FN3O2S. The number of nitrogens with zero attached hydrogens (tertiary/aromatic N) is 2. The van der Waals surface area contributed by atoms with Crippen LogP contribution in [0.3, 0.4) is 0 Å². The van der Waals surface area contributed by atoms with Crippen molar-refractivity contribution in [1.29, 1.82) is 0 Å². The number of piperazine rings is 1. The van der Waals surface area contributed by atoms with Gasteiger partial charge in [-0.25, -0.2) is 17.5 Å². The summed E-state index contributed by atoms with van der Waals surface area (Å²) in [5.74, 6) is -0.205. The first-order valence-electron chi connectivity index (χ1n) is 10.6. The average Bonchev–Trinajstić information content (AvgIpc) is 2.74. The number of benzene rings is 3. The van der Waals surface area contributed by atoms with Crippen molar-refractivity contribution in [3.8, 4) is 0 Å². The number of rotatable bonds is 7. The molecule has 1 fully saturated rings. The van der Waals surface area contributed by atoms with E-state index >= 15 is 0 Å². The molecule has 3 aromatic carbocycles. The zero-order chi connectivity index (χ0) is 21.8. The van der Waals surface area contributed by atoms with E-state index in [9.17, 15) is 12.8 Å². The van der Waals surface area contributed by atoms with Crippen LogP contribution in [0.4, 0.5) is 4.39 Å². The lowest BCUT2D eigenvalue weighted by Gasteiger charge is -2.36. The predicted octanol–water partition coefficient (Wildman–Crippen LogP) is 3.46. The molecule has 0 spiro atoms. The molecule has 0 aromatic heterocycles. The summed E-state index contributed by atoms with van der Waals surface area (Å²) in [6.07, 6.45) is 0. The summed E-state index contributed by atoms with van der Waals surface area (Å²) in [4.78, 5) is 4.86. The molecule has 4 rings (SSSR count). The molecule has 1 N–H and O–H groups in total. The second kappa shape index (κ2) is 9.44. The number of nitrogens with one attached hydrogen (secondary N) is 1. The van der Waals surface area contributed by atoms with Gasteiger partial charge in [-0.1, -0.05) is 42.5 Å². The van der Waals surface area contributed by atoms with E-state index in [1.54, 1.807) is 24.3 Å². The van der Waals surface area contributed by atoms with Gasteiger partial charge in [-0.2, -0.15) is 0 Å². The molecule has 1 atom stereocenters. The van der Waals surface area contributed by atoms with E-state index in [1.807, 2.05) is 43.3 Å². The van der Waals surface area contributed by atoms with Crippen molar-refractivity contribution in [2.45, 2.75) is 24.4 Å². The Morgan fingerprint density at radius 1 is 0.903 bits per heavy atom. The molecule has 164 valence electrons. The van der Waals surface area contributed by atoms with Crippen molar-refractivity contribution in [3.63, 3.8) is 0 Å². The summed E-state index contributed by atoms with van der Waals surface area (Å²) in [5, 5.41) is 1.93. The summed E-state index contributed by atoms with van der Waals surface area (Å²) < 4.78 is 41.9. The van der Waals surface area contributed by atoms with Gasteiger partial charge in [-0.15, -0.1) is 0 Å². The quantitative estimate of drug-likeness (QED) is 0.610. The Hall–Kier alpha value is -2.32. The first-order valence-corrected chi connectivity index (χ1v) is 12.1. The molecule has 0 unspecified atom stereocenters. The molecule has 7 heteroatoms. The zero-order valence-corrected chi connectivity index (χ0v) is 18.5. The number of halogens is 1. The summed E-state index contributed by atoms with van der Waals surface area (Å²) in [5.41, 5.74) is 0.977. The van der Waals surface area contributed by atoms with E-state index in [0.29, 0.717) is 6.54 Å². The van der Waals surface area contributed by atoms with Crippen molar-refractivity contribution in [3.05, 3.63) is 78.1 Å². The average molecular weight is 442 g/mol. The zero-order valence-electron chi connectivity index (χ0n) is 17.7. The van der Waals surface area contributed by atoms with Gasteiger partial charge in [0.05, 0.1) is 4.90 Å². The lowest BCUT2D eigenvalue weighted by atomic mass is 10.1. The molecule has 0 amide bonds. The van der Waals surface area contributed by atoms with Crippen molar-refractivity contribution < 1.29 is 12.8 Å². The Bertz CT molecular complexity index is 1140. The SMILES string of the molecule is C[C@H](CN1CCN(Cc2cccc(F)c2)CC1)NS(=O)(=O)c1ccc2ccccc2c1. The Kier molecular flexibility index (Phi) is 6.67. The van der Waals surface area contributed by atoms with Crippen LogP contribution >= 0.6 is 0 Å². The number of hydrogen-bond acceptors (Lipinski definition) is 4. The van der Waals surface area contributed by atoms with Gasteiger partial charge in [0.25, 0.3) is 0 Å². The fourth-order valence-corrected chi connectivity index (χ4v) is 5.39. The summed E-state index contributed by atoms with van der Waals surface area (Å²) >= 11 is 0. The van der Waals surface area contributed by atoms with Crippen LogP contribution in [0.1, 0.15) is 12.5 Å². The van der Waals surface area contributed by atoms with Gasteiger partial charge in [0.1, 0.15) is 5.82 Å². The fraction of sp³-hybridized carbons (Fsp3) is 0.333. The van der Waals surface area contributed by atoms with E-state index in [-0.39, 0.29) is 16.8 Å². The van der Waals surface area contributed by atoms with Gasteiger partial charge in [-0.05, 0) is 47.5 Å². The smallest absolute Gasteiger partial charge is 0.240 e. The predicted molar refractivity (Wildman–Crippen MR) is 122 cm³/mol. The second-order valence-electron chi connectivity index (χ2n) is 8.24. The lowest BCUT2D eigenvalue weighted by molar-refractivity contribution is 0.122. The van der Waals surface area contributed by atoms with Crippen molar-refractivity contribution in [2.75, 3.05) is 32.7 Å². The van der Waals surface area contributed by atoms with Crippen LogP contribution in [0.5, 0.6) is 0 Å². The highest BCUT2D eigenvalue weighted by atomic mass is 32.2. The molecule has 3 aromatic rings. The number of hydrogen-bond donors (Lipinski definition) is 1. The van der Waals surface area contributed by atoms with Gasteiger partial charge < -0.3 is 0 Å². The third-order valence-electron chi connectivity index (χ3n) is 5.68. The minimum atomic E-state index is -3.58. The van der Waals surface area contributed by atoms with Crippen molar-refractivity contribution >= 4 is 20.8 Å². The Labute approximate surface area is 183 Å². The van der Waals surface area contributed by atoms with Gasteiger partial charge in [0.2, 0.25) is 10.0 Å². The molecule has 0 bridgehead atoms. The number of fused-ring (bicyclic) bond motifs is 1. The molecule has 1 heterocycles. The van der Waals surface area contributed by atoms with E-state index in [4.69, 9.17) is 0 Å². The highest BCUT2D eigenvalue weighted by Crippen LogP contribution is 2.19. The van der Waals surface area contributed by atoms with Crippen molar-refractivity contribution in [2.24, 2.45) is 0 Å². The van der Waals surface area contributed by atoms with Crippen LogP contribution in [0, 0.1) is 5.82 Å². The monoisotopic (exact) mass is 441 g/mol. The molecular weight excluding hydrogens is 413 g/mol. The first kappa shape index (κ1) is 21.9. The van der Waals surface area contributed by atoms with E-state index < -0.39 is 10.0 Å². The number of sulfonamides is 1. The standard InChI is InChI=1S/C24H28FN3O2S/c1-19(26-31(29,30)24-10-9-21-6-2-3-7-22(21)16-24)17-27-11-13-28(14-12-27)18-20-5-4-8-23(25)15-20/h2-10,15-16,19,26H,11-14,17-18H2,1H3/t19-/m1/s1. The topological polar surface area (TPSA) is 52.6 Å². The molecule has 1 aliphatic heterocycles. The molecule has 31 heavy (non-hydrogen) atoms. The van der Waals surface area contributed by atoms with Gasteiger partial charge in [-0.3, -0.25) is 9.80 Å². The van der Waals surface area contributed by atoms with Crippen LogP contribution in [-0.4, -0.2) is 57.0 Å². The molecule has 0 radical (unpaired) electrons. The van der Waals surface area contributed by atoms with Crippen LogP contribution in [0.15, 0.2) is 71.6 Å². The van der Waals surface area contributed by atoms with Gasteiger partial charge >= 0.3 is 0 Å². The van der Waals surface area contributed by atoms with E-state index in [2.05, 4.69) is 14.5 Å².